The average molecular weight is 262 g/mol. The lowest BCUT2D eigenvalue weighted by Gasteiger charge is -2.57. The highest BCUT2D eigenvalue weighted by Crippen LogP contribution is 2.62. The summed E-state index contributed by atoms with van der Waals surface area (Å²) < 4.78 is 0. The molecule has 1 saturated heterocycles. The molecule has 0 aromatic carbocycles. The molecule has 104 valence electrons. The average Bonchev–Trinajstić information content (AvgIpc) is 2.79. The molecule has 0 radical (unpaired) electrons. The van der Waals surface area contributed by atoms with E-state index in [0.29, 0.717) is 5.57 Å². The predicted octanol–water partition coefficient (Wildman–Crippen LogP) is 1.69. The van der Waals surface area contributed by atoms with E-state index in [1.54, 1.807) is 0 Å². The van der Waals surface area contributed by atoms with Crippen LogP contribution in [0.2, 0.25) is 0 Å². The highest BCUT2D eigenvalue weighted by Gasteiger charge is 2.55. The molecule has 19 heavy (non-hydrogen) atoms. The zero-order valence-electron chi connectivity index (χ0n) is 11.2. The van der Waals surface area contributed by atoms with E-state index in [1.165, 1.54) is 19.3 Å². The van der Waals surface area contributed by atoms with Crippen LogP contribution in [0.4, 0.5) is 0 Å². The standard InChI is InChI=1S/C15H22N2O2/c18-14(19)12(13-16-1-2-17-13)15-6-9-3-10(7-15)5-11(4-9)8-15/h9-11,16-17H,1-8H2,(H,18,19). The molecule has 5 rings (SSSR count). The van der Waals surface area contributed by atoms with Gasteiger partial charge in [-0.25, -0.2) is 4.79 Å². The third-order valence-corrected chi connectivity index (χ3v) is 5.76. The Bertz CT molecular complexity index is 412. The highest BCUT2D eigenvalue weighted by atomic mass is 16.4. The van der Waals surface area contributed by atoms with Gasteiger partial charge in [-0.3, -0.25) is 0 Å². The summed E-state index contributed by atoms with van der Waals surface area (Å²) in [7, 11) is 0. The number of hydrogen-bond acceptors (Lipinski definition) is 3. The van der Waals surface area contributed by atoms with Gasteiger partial charge < -0.3 is 15.7 Å². The minimum Gasteiger partial charge on any atom is -0.478 e. The molecule has 0 aromatic heterocycles. The number of hydrogen-bond donors (Lipinski definition) is 3. The van der Waals surface area contributed by atoms with Gasteiger partial charge in [0.15, 0.2) is 0 Å². The lowest BCUT2D eigenvalue weighted by atomic mass is 9.47. The zero-order chi connectivity index (χ0) is 13.0. The monoisotopic (exact) mass is 262 g/mol. The quantitative estimate of drug-likeness (QED) is 0.663. The second-order valence-corrected chi connectivity index (χ2v) is 7.11. The fraction of sp³-hybridized carbons (Fsp3) is 0.800. The summed E-state index contributed by atoms with van der Waals surface area (Å²) in [6, 6.07) is 0. The van der Waals surface area contributed by atoms with Gasteiger partial charge in [0.25, 0.3) is 0 Å². The van der Waals surface area contributed by atoms with E-state index >= 15 is 0 Å². The molecular formula is C15H22N2O2. The molecule has 4 saturated carbocycles. The third kappa shape index (κ3) is 1.68. The number of carboxylic acids is 1. The van der Waals surface area contributed by atoms with E-state index in [-0.39, 0.29) is 5.41 Å². The maximum atomic E-state index is 11.9. The van der Waals surface area contributed by atoms with E-state index < -0.39 is 5.97 Å². The van der Waals surface area contributed by atoms with E-state index in [1.807, 2.05) is 0 Å². The first-order valence-corrected chi connectivity index (χ1v) is 7.62. The van der Waals surface area contributed by atoms with E-state index in [0.717, 1.165) is 55.9 Å². The predicted molar refractivity (Wildman–Crippen MR) is 71.3 cm³/mol. The molecule has 1 aliphatic heterocycles. The van der Waals surface area contributed by atoms with Crippen molar-refractivity contribution in [2.45, 2.75) is 38.5 Å². The molecule has 1 heterocycles. The summed E-state index contributed by atoms with van der Waals surface area (Å²) in [5.41, 5.74) is 0.629. The van der Waals surface area contributed by atoms with Crippen molar-refractivity contribution in [3.05, 3.63) is 11.4 Å². The Morgan fingerprint density at radius 3 is 1.89 bits per heavy atom. The topological polar surface area (TPSA) is 61.4 Å². The van der Waals surface area contributed by atoms with Gasteiger partial charge in [0.2, 0.25) is 0 Å². The molecule has 5 fully saturated rings. The minimum absolute atomic E-state index is 0.0414. The Kier molecular flexibility index (Phi) is 2.39. The van der Waals surface area contributed by atoms with Crippen molar-refractivity contribution < 1.29 is 9.90 Å². The van der Waals surface area contributed by atoms with Gasteiger partial charge in [-0.2, -0.15) is 0 Å². The number of rotatable bonds is 2. The maximum Gasteiger partial charge on any atom is 0.335 e. The van der Waals surface area contributed by atoms with Crippen molar-refractivity contribution in [1.29, 1.82) is 0 Å². The van der Waals surface area contributed by atoms with Crippen LogP contribution in [0, 0.1) is 23.2 Å². The van der Waals surface area contributed by atoms with Gasteiger partial charge in [0, 0.05) is 18.5 Å². The summed E-state index contributed by atoms with van der Waals surface area (Å²) >= 11 is 0. The van der Waals surface area contributed by atoms with Crippen molar-refractivity contribution >= 4 is 5.97 Å². The first kappa shape index (κ1) is 11.6. The van der Waals surface area contributed by atoms with Gasteiger partial charge >= 0.3 is 5.97 Å². The summed E-state index contributed by atoms with van der Waals surface area (Å²) in [4.78, 5) is 11.9. The lowest BCUT2D eigenvalue weighted by Crippen LogP contribution is -2.49. The Morgan fingerprint density at radius 1 is 1.00 bits per heavy atom. The van der Waals surface area contributed by atoms with E-state index in [2.05, 4.69) is 10.6 Å². The number of carboxylic acid groups (broad SMARTS) is 1. The maximum absolute atomic E-state index is 11.9. The molecule has 0 spiro atoms. The van der Waals surface area contributed by atoms with Crippen LogP contribution in [0.5, 0.6) is 0 Å². The van der Waals surface area contributed by atoms with Gasteiger partial charge in [-0.1, -0.05) is 0 Å². The fourth-order valence-electron chi connectivity index (χ4n) is 5.63. The molecule has 0 atom stereocenters. The highest BCUT2D eigenvalue weighted by molar-refractivity contribution is 5.89. The summed E-state index contributed by atoms with van der Waals surface area (Å²) in [6.07, 6.45) is 7.36. The molecule has 4 heteroatoms. The Morgan fingerprint density at radius 2 is 1.47 bits per heavy atom. The normalized spacial score (nSPS) is 42.9. The second kappa shape index (κ2) is 3.90. The molecular weight excluding hydrogens is 240 g/mol. The van der Waals surface area contributed by atoms with Crippen LogP contribution < -0.4 is 10.6 Å². The Hall–Kier alpha value is -1.19. The Labute approximate surface area is 113 Å². The molecule has 4 nitrogen and oxygen atoms in total. The minimum atomic E-state index is -0.709. The first-order valence-electron chi connectivity index (χ1n) is 7.62. The van der Waals surface area contributed by atoms with Crippen LogP contribution >= 0.6 is 0 Å². The van der Waals surface area contributed by atoms with Crippen molar-refractivity contribution in [3.8, 4) is 0 Å². The van der Waals surface area contributed by atoms with Crippen molar-refractivity contribution in [1.82, 2.24) is 10.6 Å². The Balaban J connectivity index is 1.77. The van der Waals surface area contributed by atoms with Crippen molar-refractivity contribution in [2.24, 2.45) is 23.2 Å². The van der Waals surface area contributed by atoms with Crippen LogP contribution in [-0.4, -0.2) is 24.2 Å². The first-order chi connectivity index (χ1) is 9.16. The summed E-state index contributed by atoms with van der Waals surface area (Å²) in [5, 5.41) is 16.3. The molecule has 3 N–H and O–H groups in total. The summed E-state index contributed by atoms with van der Waals surface area (Å²) in [5.74, 6) is 2.45. The fourth-order valence-corrected chi connectivity index (χ4v) is 5.63. The van der Waals surface area contributed by atoms with Crippen molar-refractivity contribution in [2.75, 3.05) is 13.1 Å². The van der Waals surface area contributed by atoms with Crippen molar-refractivity contribution in [3.63, 3.8) is 0 Å². The van der Waals surface area contributed by atoms with Gasteiger partial charge in [0.1, 0.15) is 5.82 Å². The number of carbonyl (C=O) groups is 1. The van der Waals surface area contributed by atoms with Gasteiger partial charge in [-0.05, 0) is 56.3 Å². The van der Waals surface area contributed by atoms with Crippen LogP contribution in [0.3, 0.4) is 0 Å². The van der Waals surface area contributed by atoms with Crippen LogP contribution in [-0.2, 0) is 4.79 Å². The lowest BCUT2D eigenvalue weighted by molar-refractivity contribution is -0.136. The molecule has 0 unspecified atom stereocenters. The smallest absolute Gasteiger partial charge is 0.335 e. The number of nitrogens with one attached hydrogen (secondary N) is 2. The molecule has 0 aromatic rings. The zero-order valence-corrected chi connectivity index (χ0v) is 11.2. The SMILES string of the molecule is O=C(O)C(=C1NCCN1)C12CC3CC(CC(C3)C1)C2. The van der Waals surface area contributed by atoms with Gasteiger partial charge in [-0.15, -0.1) is 0 Å². The molecule has 0 amide bonds. The largest absolute Gasteiger partial charge is 0.478 e. The van der Waals surface area contributed by atoms with E-state index in [4.69, 9.17) is 0 Å². The second-order valence-electron chi connectivity index (χ2n) is 7.11. The molecule has 4 aliphatic carbocycles. The van der Waals surface area contributed by atoms with Crippen LogP contribution in [0.25, 0.3) is 0 Å². The number of aliphatic carboxylic acids is 1. The third-order valence-electron chi connectivity index (χ3n) is 5.76. The molecule has 4 bridgehead atoms. The summed E-state index contributed by atoms with van der Waals surface area (Å²) in [6.45, 7) is 1.69. The van der Waals surface area contributed by atoms with Gasteiger partial charge in [0.05, 0.1) is 5.57 Å². The molecule has 5 aliphatic rings. The van der Waals surface area contributed by atoms with Crippen LogP contribution in [0.1, 0.15) is 38.5 Å². The van der Waals surface area contributed by atoms with E-state index in [9.17, 15) is 9.90 Å². The van der Waals surface area contributed by atoms with Crippen LogP contribution in [0.15, 0.2) is 11.4 Å².